The Balaban J connectivity index is 1.49. The molecule has 0 saturated heterocycles. The maximum Gasteiger partial charge on any atom is 0.121 e. The molecule has 0 atom stereocenters. The van der Waals surface area contributed by atoms with Gasteiger partial charge in [-0.3, -0.25) is 0 Å². The maximum atomic E-state index is 4.60. The lowest BCUT2D eigenvalue weighted by Gasteiger charge is -2.02. The third kappa shape index (κ3) is 3.29. The van der Waals surface area contributed by atoms with E-state index >= 15 is 0 Å². The summed E-state index contributed by atoms with van der Waals surface area (Å²) >= 11 is 0. The number of hydrogen-bond acceptors (Lipinski definition) is 4. The van der Waals surface area contributed by atoms with Crippen molar-refractivity contribution in [2.45, 2.75) is 26.6 Å². The molecule has 0 saturated carbocycles. The third-order valence-electron chi connectivity index (χ3n) is 4.08. The highest BCUT2D eigenvalue weighted by Gasteiger charge is 2.12. The van der Waals surface area contributed by atoms with Crippen LogP contribution in [0, 0.1) is 0 Å². The Bertz CT molecular complexity index is 937. The van der Waals surface area contributed by atoms with Gasteiger partial charge in [0.1, 0.15) is 17.2 Å². The Morgan fingerprint density at radius 3 is 2.56 bits per heavy atom. The van der Waals surface area contributed by atoms with Gasteiger partial charge in [-0.1, -0.05) is 42.5 Å². The molecule has 6 heteroatoms. The van der Waals surface area contributed by atoms with Crippen molar-refractivity contribution in [3.05, 3.63) is 66.1 Å². The van der Waals surface area contributed by atoms with Gasteiger partial charge in [-0.05, 0) is 19.1 Å². The van der Waals surface area contributed by atoms with Crippen molar-refractivity contribution >= 4 is 11.0 Å². The third-order valence-corrected chi connectivity index (χ3v) is 4.08. The highest BCUT2D eigenvalue weighted by Crippen LogP contribution is 2.20. The molecule has 126 valence electrons. The van der Waals surface area contributed by atoms with Gasteiger partial charge >= 0.3 is 0 Å². The fourth-order valence-corrected chi connectivity index (χ4v) is 2.85. The molecule has 0 aliphatic rings. The number of H-pyrrole nitrogens is 1. The number of aromatic amines is 1. The van der Waals surface area contributed by atoms with E-state index in [1.54, 1.807) is 4.80 Å². The zero-order chi connectivity index (χ0) is 17.1. The molecule has 0 unspecified atom stereocenters. The number of rotatable bonds is 6. The van der Waals surface area contributed by atoms with Gasteiger partial charge in [-0.25, -0.2) is 4.98 Å². The van der Waals surface area contributed by atoms with Crippen LogP contribution >= 0.6 is 0 Å². The van der Waals surface area contributed by atoms with Crippen molar-refractivity contribution in [1.29, 1.82) is 0 Å². The van der Waals surface area contributed by atoms with Crippen LogP contribution in [0.2, 0.25) is 0 Å². The Morgan fingerprint density at radius 1 is 0.960 bits per heavy atom. The van der Waals surface area contributed by atoms with E-state index in [-0.39, 0.29) is 0 Å². The van der Waals surface area contributed by atoms with Gasteiger partial charge in [0.25, 0.3) is 0 Å². The number of nitrogens with zero attached hydrogens (tertiary/aromatic N) is 4. The van der Waals surface area contributed by atoms with Crippen molar-refractivity contribution in [3.63, 3.8) is 0 Å². The standard InChI is InChI=1S/C19H20N6/c1-2-25-23-17(19(24-25)14-8-4-3-5-9-14)12-20-13-18-21-15-10-6-7-11-16(15)22-18/h3-11,20H,2,12-13H2,1H3,(H,21,22). The minimum Gasteiger partial charge on any atom is -0.341 e. The molecule has 0 aliphatic carbocycles. The first kappa shape index (κ1) is 15.5. The number of imidazole rings is 1. The summed E-state index contributed by atoms with van der Waals surface area (Å²) in [5, 5.41) is 12.6. The molecular weight excluding hydrogens is 312 g/mol. The minimum atomic E-state index is 0.640. The van der Waals surface area contributed by atoms with Crippen molar-refractivity contribution < 1.29 is 0 Å². The summed E-state index contributed by atoms with van der Waals surface area (Å²) in [6.45, 7) is 4.09. The van der Waals surface area contributed by atoms with Crippen LogP contribution in [0.4, 0.5) is 0 Å². The Kier molecular flexibility index (Phi) is 4.26. The average Bonchev–Trinajstić information content (AvgIpc) is 3.26. The zero-order valence-corrected chi connectivity index (χ0v) is 14.1. The molecule has 25 heavy (non-hydrogen) atoms. The van der Waals surface area contributed by atoms with E-state index in [1.807, 2.05) is 49.4 Å². The number of nitrogens with one attached hydrogen (secondary N) is 2. The van der Waals surface area contributed by atoms with Crippen molar-refractivity contribution in [2.24, 2.45) is 0 Å². The molecule has 0 amide bonds. The first-order chi connectivity index (χ1) is 12.3. The van der Waals surface area contributed by atoms with E-state index in [2.05, 4.69) is 37.6 Å². The molecule has 2 aromatic heterocycles. The molecule has 2 aromatic carbocycles. The summed E-state index contributed by atoms with van der Waals surface area (Å²) in [7, 11) is 0. The lowest BCUT2D eigenvalue weighted by Crippen LogP contribution is -2.15. The highest BCUT2D eigenvalue weighted by molar-refractivity contribution is 5.74. The zero-order valence-electron chi connectivity index (χ0n) is 14.1. The average molecular weight is 332 g/mol. The molecule has 0 fully saturated rings. The van der Waals surface area contributed by atoms with E-state index in [1.165, 1.54) is 0 Å². The van der Waals surface area contributed by atoms with Crippen LogP contribution in [0.1, 0.15) is 18.4 Å². The minimum absolute atomic E-state index is 0.640. The summed E-state index contributed by atoms with van der Waals surface area (Å²) in [6.07, 6.45) is 0. The molecule has 0 bridgehead atoms. The van der Waals surface area contributed by atoms with Crippen LogP contribution in [-0.4, -0.2) is 25.0 Å². The molecule has 6 nitrogen and oxygen atoms in total. The van der Waals surface area contributed by atoms with E-state index in [9.17, 15) is 0 Å². The summed E-state index contributed by atoms with van der Waals surface area (Å²) in [4.78, 5) is 9.65. The number of aromatic nitrogens is 5. The smallest absolute Gasteiger partial charge is 0.121 e. The SMILES string of the molecule is CCn1nc(CNCc2nc3ccccc3[nH]2)c(-c2ccccc2)n1. The number of hydrogen-bond donors (Lipinski definition) is 2. The lowest BCUT2D eigenvalue weighted by molar-refractivity contribution is 0.557. The lowest BCUT2D eigenvalue weighted by atomic mass is 10.1. The van der Waals surface area contributed by atoms with Gasteiger partial charge < -0.3 is 10.3 Å². The van der Waals surface area contributed by atoms with Gasteiger partial charge in [0.15, 0.2) is 0 Å². The monoisotopic (exact) mass is 332 g/mol. The Labute approximate surface area is 145 Å². The molecule has 4 aromatic rings. The summed E-state index contributed by atoms with van der Waals surface area (Å²) in [6, 6.07) is 18.2. The van der Waals surface area contributed by atoms with Crippen molar-refractivity contribution in [3.8, 4) is 11.3 Å². The summed E-state index contributed by atoms with van der Waals surface area (Å²) in [5.41, 5.74) is 5.01. The highest BCUT2D eigenvalue weighted by atomic mass is 15.5. The fourth-order valence-electron chi connectivity index (χ4n) is 2.85. The van der Waals surface area contributed by atoms with Gasteiger partial charge in [0.05, 0.1) is 24.1 Å². The molecule has 0 spiro atoms. The maximum absolute atomic E-state index is 4.60. The van der Waals surface area contributed by atoms with Crippen LogP contribution in [-0.2, 0) is 19.6 Å². The van der Waals surface area contributed by atoms with E-state index in [4.69, 9.17) is 0 Å². The largest absolute Gasteiger partial charge is 0.341 e. The summed E-state index contributed by atoms with van der Waals surface area (Å²) in [5.74, 6) is 0.922. The predicted molar refractivity (Wildman–Crippen MR) is 97.8 cm³/mol. The molecule has 2 N–H and O–H groups in total. The predicted octanol–water partition coefficient (Wildman–Crippen LogP) is 3.13. The topological polar surface area (TPSA) is 71.4 Å². The molecule has 0 aliphatic heterocycles. The van der Waals surface area contributed by atoms with Gasteiger partial charge in [0.2, 0.25) is 0 Å². The Morgan fingerprint density at radius 2 is 1.76 bits per heavy atom. The van der Waals surface area contributed by atoms with Crippen LogP contribution in [0.15, 0.2) is 54.6 Å². The van der Waals surface area contributed by atoms with E-state index in [0.717, 1.165) is 40.4 Å². The van der Waals surface area contributed by atoms with E-state index < -0.39 is 0 Å². The van der Waals surface area contributed by atoms with Crippen LogP contribution in [0.25, 0.3) is 22.3 Å². The number of aryl methyl sites for hydroxylation is 1. The molecule has 2 heterocycles. The first-order valence-corrected chi connectivity index (χ1v) is 8.47. The van der Waals surface area contributed by atoms with Crippen LogP contribution < -0.4 is 5.32 Å². The normalized spacial score (nSPS) is 11.2. The molecular formula is C19H20N6. The Hall–Kier alpha value is -2.99. The molecule has 4 rings (SSSR count). The molecule has 0 radical (unpaired) electrons. The summed E-state index contributed by atoms with van der Waals surface area (Å²) < 4.78 is 0. The van der Waals surface area contributed by atoms with Crippen LogP contribution in [0.3, 0.4) is 0 Å². The second-order valence-electron chi connectivity index (χ2n) is 5.85. The number of para-hydroxylation sites is 2. The second kappa shape index (κ2) is 6.86. The number of benzene rings is 2. The first-order valence-electron chi connectivity index (χ1n) is 8.47. The van der Waals surface area contributed by atoms with Gasteiger partial charge in [-0.15, -0.1) is 0 Å². The quantitative estimate of drug-likeness (QED) is 0.569. The van der Waals surface area contributed by atoms with Crippen molar-refractivity contribution in [1.82, 2.24) is 30.3 Å². The van der Waals surface area contributed by atoms with Gasteiger partial charge in [-0.2, -0.15) is 15.0 Å². The second-order valence-corrected chi connectivity index (χ2v) is 5.85. The van der Waals surface area contributed by atoms with Crippen molar-refractivity contribution in [2.75, 3.05) is 0 Å². The van der Waals surface area contributed by atoms with Crippen LogP contribution in [0.5, 0.6) is 0 Å². The van der Waals surface area contributed by atoms with Gasteiger partial charge in [0, 0.05) is 12.1 Å². The van der Waals surface area contributed by atoms with E-state index in [0.29, 0.717) is 13.1 Å². The fraction of sp³-hybridized carbons (Fsp3) is 0.211. The number of fused-ring (bicyclic) bond motifs is 1.